The SMILES string of the molecule is CCNc1ncc(C)c(NC2CCCC(CC)C2)n1. The van der Waals surface area contributed by atoms with Crippen LogP contribution in [0.3, 0.4) is 0 Å². The fraction of sp³-hybridized carbons (Fsp3) is 0.733. The molecule has 0 radical (unpaired) electrons. The molecule has 1 fully saturated rings. The summed E-state index contributed by atoms with van der Waals surface area (Å²) in [4.78, 5) is 8.86. The normalized spacial score (nSPS) is 23.1. The molecule has 0 spiro atoms. The molecule has 0 aliphatic heterocycles. The maximum atomic E-state index is 4.57. The van der Waals surface area contributed by atoms with E-state index in [4.69, 9.17) is 0 Å². The Morgan fingerprint density at radius 1 is 1.32 bits per heavy atom. The van der Waals surface area contributed by atoms with Crippen LogP contribution in [0.25, 0.3) is 0 Å². The Morgan fingerprint density at radius 3 is 2.89 bits per heavy atom. The highest BCUT2D eigenvalue weighted by Crippen LogP contribution is 2.29. The highest BCUT2D eigenvalue weighted by atomic mass is 15.1. The highest BCUT2D eigenvalue weighted by molar-refractivity contribution is 5.47. The zero-order valence-electron chi connectivity index (χ0n) is 12.4. The third kappa shape index (κ3) is 3.82. The minimum absolute atomic E-state index is 0.571. The van der Waals surface area contributed by atoms with Gasteiger partial charge in [-0.15, -0.1) is 0 Å². The molecule has 1 heterocycles. The fourth-order valence-corrected chi connectivity index (χ4v) is 2.82. The van der Waals surface area contributed by atoms with E-state index in [1.165, 1.54) is 32.1 Å². The number of rotatable bonds is 5. The first-order valence-corrected chi connectivity index (χ1v) is 7.57. The zero-order valence-corrected chi connectivity index (χ0v) is 12.4. The minimum Gasteiger partial charge on any atom is -0.367 e. The molecule has 19 heavy (non-hydrogen) atoms. The van der Waals surface area contributed by atoms with Gasteiger partial charge in [0.25, 0.3) is 0 Å². The van der Waals surface area contributed by atoms with Crippen molar-refractivity contribution < 1.29 is 0 Å². The van der Waals surface area contributed by atoms with Gasteiger partial charge in [0, 0.05) is 24.3 Å². The van der Waals surface area contributed by atoms with Crippen LogP contribution in [0, 0.1) is 12.8 Å². The summed E-state index contributed by atoms with van der Waals surface area (Å²) < 4.78 is 0. The lowest BCUT2D eigenvalue weighted by Crippen LogP contribution is -2.28. The second-order valence-corrected chi connectivity index (χ2v) is 5.54. The molecule has 2 N–H and O–H groups in total. The van der Waals surface area contributed by atoms with E-state index in [1.807, 2.05) is 6.20 Å². The van der Waals surface area contributed by atoms with Crippen LogP contribution < -0.4 is 10.6 Å². The van der Waals surface area contributed by atoms with Gasteiger partial charge in [-0.2, -0.15) is 4.98 Å². The van der Waals surface area contributed by atoms with Crippen molar-refractivity contribution >= 4 is 11.8 Å². The van der Waals surface area contributed by atoms with Crippen LogP contribution in [0.4, 0.5) is 11.8 Å². The molecule has 2 rings (SSSR count). The van der Waals surface area contributed by atoms with Crippen LogP contribution in [0.5, 0.6) is 0 Å². The van der Waals surface area contributed by atoms with E-state index in [-0.39, 0.29) is 0 Å². The maximum Gasteiger partial charge on any atom is 0.224 e. The second kappa shape index (κ2) is 6.73. The average molecular weight is 262 g/mol. The molecule has 0 saturated heterocycles. The second-order valence-electron chi connectivity index (χ2n) is 5.54. The minimum atomic E-state index is 0.571. The van der Waals surface area contributed by atoms with Gasteiger partial charge < -0.3 is 10.6 Å². The van der Waals surface area contributed by atoms with Crippen LogP contribution in [0.15, 0.2) is 6.20 Å². The van der Waals surface area contributed by atoms with Crippen molar-refractivity contribution in [3.63, 3.8) is 0 Å². The summed E-state index contributed by atoms with van der Waals surface area (Å²) in [7, 11) is 0. The molecule has 106 valence electrons. The average Bonchev–Trinajstić information content (AvgIpc) is 2.43. The van der Waals surface area contributed by atoms with E-state index in [0.717, 1.165) is 29.8 Å². The molecule has 2 unspecified atom stereocenters. The third-order valence-electron chi connectivity index (χ3n) is 4.01. The highest BCUT2D eigenvalue weighted by Gasteiger charge is 2.21. The van der Waals surface area contributed by atoms with Crippen molar-refractivity contribution in [3.05, 3.63) is 11.8 Å². The van der Waals surface area contributed by atoms with Gasteiger partial charge in [0.05, 0.1) is 0 Å². The Balaban J connectivity index is 2.03. The molecule has 1 aliphatic carbocycles. The molecule has 1 saturated carbocycles. The summed E-state index contributed by atoms with van der Waals surface area (Å²) in [6.07, 6.45) is 8.45. The molecule has 1 aromatic rings. The van der Waals surface area contributed by atoms with Crippen LogP contribution in [0.1, 0.15) is 51.5 Å². The fourth-order valence-electron chi connectivity index (χ4n) is 2.82. The van der Waals surface area contributed by atoms with E-state index in [1.54, 1.807) is 0 Å². The Morgan fingerprint density at radius 2 is 2.16 bits per heavy atom. The number of aromatic nitrogens is 2. The molecular formula is C15H26N4. The number of nitrogens with zero attached hydrogens (tertiary/aromatic N) is 2. The van der Waals surface area contributed by atoms with Gasteiger partial charge >= 0.3 is 0 Å². The first kappa shape index (κ1) is 14.1. The lowest BCUT2D eigenvalue weighted by atomic mass is 9.84. The van der Waals surface area contributed by atoms with Gasteiger partial charge in [-0.25, -0.2) is 4.98 Å². The number of aryl methyl sites for hydroxylation is 1. The molecule has 0 bridgehead atoms. The molecular weight excluding hydrogens is 236 g/mol. The Hall–Kier alpha value is -1.32. The third-order valence-corrected chi connectivity index (χ3v) is 4.01. The van der Waals surface area contributed by atoms with Crippen molar-refractivity contribution in [2.75, 3.05) is 17.2 Å². The molecule has 2 atom stereocenters. The smallest absolute Gasteiger partial charge is 0.224 e. The lowest BCUT2D eigenvalue weighted by molar-refractivity contribution is 0.327. The maximum absolute atomic E-state index is 4.57. The summed E-state index contributed by atoms with van der Waals surface area (Å²) >= 11 is 0. The predicted octanol–water partition coefficient (Wildman–Crippen LogP) is 3.60. The summed E-state index contributed by atoms with van der Waals surface area (Å²) in [6.45, 7) is 7.28. The quantitative estimate of drug-likeness (QED) is 0.851. The Kier molecular flexibility index (Phi) is 5.00. The molecule has 0 amide bonds. The van der Waals surface area contributed by atoms with Crippen LogP contribution >= 0.6 is 0 Å². The van der Waals surface area contributed by atoms with Crippen molar-refractivity contribution in [1.29, 1.82) is 0 Å². The summed E-state index contributed by atoms with van der Waals surface area (Å²) in [5, 5.41) is 6.79. The van der Waals surface area contributed by atoms with Crippen molar-refractivity contribution in [2.24, 2.45) is 5.92 Å². The first-order valence-electron chi connectivity index (χ1n) is 7.57. The topological polar surface area (TPSA) is 49.8 Å². The molecule has 4 heteroatoms. The van der Waals surface area contributed by atoms with E-state index in [0.29, 0.717) is 6.04 Å². The van der Waals surface area contributed by atoms with Gasteiger partial charge in [-0.1, -0.05) is 26.2 Å². The van der Waals surface area contributed by atoms with Crippen LogP contribution in [-0.4, -0.2) is 22.6 Å². The molecule has 0 aromatic carbocycles. The van der Waals surface area contributed by atoms with Gasteiger partial charge in [-0.05, 0) is 32.6 Å². The largest absolute Gasteiger partial charge is 0.367 e. The van der Waals surface area contributed by atoms with Crippen LogP contribution in [-0.2, 0) is 0 Å². The summed E-state index contributed by atoms with van der Waals surface area (Å²) in [6, 6.07) is 0.571. The lowest BCUT2D eigenvalue weighted by Gasteiger charge is -2.29. The van der Waals surface area contributed by atoms with Crippen molar-refractivity contribution in [1.82, 2.24) is 9.97 Å². The summed E-state index contributed by atoms with van der Waals surface area (Å²) in [5.74, 6) is 2.59. The molecule has 4 nitrogen and oxygen atoms in total. The Bertz CT molecular complexity index is 405. The van der Waals surface area contributed by atoms with E-state index < -0.39 is 0 Å². The van der Waals surface area contributed by atoms with Gasteiger partial charge in [0.2, 0.25) is 5.95 Å². The van der Waals surface area contributed by atoms with Gasteiger partial charge in [0.15, 0.2) is 0 Å². The van der Waals surface area contributed by atoms with Crippen molar-refractivity contribution in [3.8, 4) is 0 Å². The van der Waals surface area contributed by atoms with E-state index in [9.17, 15) is 0 Å². The summed E-state index contributed by atoms with van der Waals surface area (Å²) in [5.41, 5.74) is 1.13. The van der Waals surface area contributed by atoms with E-state index >= 15 is 0 Å². The monoisotopic (exact) mass is 262 g/mol. The number of hydrogen-bond donors (Lipinski definition) is 2. The molecule has 1 aliphatic rings. The predicted molar refractivity (Wildman–Crippen MR) is 80.6 cm³/mol. The Labute approximate surface area is 116 Å². The van der Waals surface area contributed by atoms with Crippen molar-refractivity contribution in [2.45, 2.75) is 58.9 Å². The van der Waals surface area contributed by atoms with E-state index in [2.05, 4.69) is 41.4 Å². The zero-order chi connectivity index (χ0) is 13.7. The molecule has 1 aromatic heterocycles. The van der Waals surface area contributed by atoms with Gasteiger partial charge in [0.1, 0.15) is 5.82 Å². The number of hydrogen-bond acceptors (Lipinski definition) is 4. The number of nitrogens with one attached hydrogen (secondary N) is 2. The standard InChI is InChI=1S/C15H26N4/c1-4-12-7-6-8-13(9-12)18-14-11(3)10-17-15(19-14)16-5-2/h10,12-13H,4-9H2,1-3H3,(H2,16,17,18,19). The van der Waals surface area contributed by atoms with Gasteiger partial charge in [-0.3, -0.25) is 0 Å². The van der Waals surface area contributed by atoms with Crippen LogP contribution in [0.2, 0.25) is 0 Å². The number of anilines is 2. The first-order chi connectivity index (χ1) is 9.22.